The number of rotatable bonds is 7. The van der Waals surface area contributed by atoms with Crippen molar-refractivity contribution in [3.8, 4) is 0 Å². The molecule has 0 bridgehead atoms. The molecule has 0 fully saturated rings. The smallest absolute Gasteiger partial charge is 0.467 e. The molecule has 0 spiro atoms. The summed E-state index contributed by atoms with van der Waals surface area (Å²) in [4.78, 5) is 25.3. The van der Waals surface area contributed by atoms with E-state index in [9.17, 15) is 22.8 Å². The normalized spacial score (nSPS) is 12.2. The monoisotopic (exact) mass is 458 g/mol. The van der Waals surface area contributed by atoms with Crippen LogP contribution in [0.15, 0.2) is 54.6 Å². The predicted molar refractivity (Wildman–Crippen MR) is 103 cm³/mol. The lowest BCUT2D eigenvalue weighted by Gasteiger charge is -2.31. The van der Waals surface area contributed by atoms with Gasteiger partial charge >= 0.3 is 18.1 Å². The average Bonchev–Trinajstić information content (AvgIpc) is 2.68. The number of anilines is 2. The second-order valence-electron chi connectivity index (χ2n) is 5.77. The first-order valence-electron chi connectivity index (χ1n) is 8.19. The Kier molecular flexibility index (Phi) is 7.45. The van der Waals surface area contributed by atoms with E-state index in [0.717, 1.165) is 0 Å². The van der Waals surface area contributed by atoms with Gasteiger partial charge in [-0.25, -0.2) is 4.79 Å². The van der Waals surface area contributed by atoms with Gasteiger partial charge in [0.1, 0.15) is 6.04 Å². The third-order valence-corrected chi connectivity index (χ3v) is 4.56. The number of nitrogens with zero attached hydrogens (tertiary/aromatic N) is 1. The maximum atomic E-state index is 12.6. The van der Waals surface area contributed by atoms with Crippen molar-refractivity contribution in [3.63, 3.8) is 0 Å². The lowest BCUT2D eigenvalue weighted by Crippen LogP contribution is -2.43. The Balaban J connectivity index is 2.40. The van der Waals surface area contributed by atoms with Crippen LogP contribution in [0.5, 0.6) is 0 Å². The summed E-state index contributed by atoms with van der Waals surface area (Å²) in [5.41, 5.74) is 1.11. The molecule has 0 aliphatic carbocycles. The summed E-state index contributed by atoms with van der Waals surface area (Å²) < 4.78 is 42.8. The van der Waals surface area contributed by atoms with Crippen LogP contribution in [0.2, 0.25) is 0 Å². The Morgan fingerprint density at radius 1 is 1.11 bits per heavy atom. The lowest BCUT2D eigenvalue weighted by atomic mass is 10.1. The number of hydrogen-bond acceptors (Lipinski definition) is 4. The van der Waals surface area contributed by atoms with Gasteiger partial charge in [0.25, 0.3) is 0 Å². The second-order valence-corrected chi connectivity index (χ2v) is 6.41. The maximum absolute atomic E-state index is 12.6. The van der Waals surface area contributed by atoms with Crippen LogP contribution >= 0.6 is 15.9 Å². The molecule has 5 nitrogen and oxygen atoms in total. The Bertz CT molecular complexity index is 816. The molecule has 150 valence electrons. The fourth-order valence-corrected chi connectivity index (χ4v) is 3.18. The van der Waals surface area contributed by atoms with Gasteiger partial charge in [-0.05, 0) is 23.8 Å². The minimum Gasteiger partial charge on any atom is -0.467 e. The fourth-order valence-electron chi connectivity index (χ4n) is 2.57. The summed E-state index contributed by atoms with van der Waals surface area (Å²) in [6.45, 7) is 0.0731. The van der Waals surface area contributed by atoms with E-state index in [2.05, 4.69) is 15.9 Å². The molecule has 9 heteroatoms. The number of halogens is 4. The van der Waals surface area contributed by atoms with Crippen LogP contribution < -0.4 is 10.2 Å². The van der Waals surface area contributed by atoms with Gasteiger partial charge in [-0.2, -0.15) is 13.2 Å². The summed E-state index contributed by atoms with van der Waals surface area (Å²) >= 11 is 3.29. The molecule has 1 atom stereocenters. The molecule has 0 heterocycles. The van der Waals surface area contributed by atoms with E-state index in [1.165, 1.54) is 19.2 Å². The van der Waals surface area contributed by atoms with Crippen LogP contribution in [0.4, 0.5) is 24.5 Å². The molecule has 0 radical (unpaired) electrons. The Morgan fingerprint density at radius 2 is 1.71 bits per heavy atom. The number of methoxy groups -OCH3 is 1. The van der Waals surface area contributed by atoms with E-state index in [-0.39, 0.29) is 17.6 Å². The molecular formula is C19H18BrF3N2O3. The highest BCUT2D eigenvalue weighted by atomic mass is 79.9. The highest BCUT2D eigenvalue weighted by Crippen LogP contribution is 2.26. The summed E-state index contributed by atoms with van der Waals surface area (Å²) in [5, 5.41) is 2.13. The van der Waals surface area contributed by atoms with Crippen LogP contribution in [0.25, 0.3) is 0 Å². The molecule has 0 aromatic heterocycles. The van der Waals surface area contributed by atoms with Crippen molar-refractivity contribution in [3.05, 3.63) is 60.2 Å². The minimum atomic E-state index is -5.00. The van der Waals surface area contributed by atoms with Gasteiger partial charge in [0.2, 0.25) is 0 Å². The quantitative estimate of drug-likeness (QED) is 0.500. The number of para-hydroxylation sites is 2. The highest BCUT2D eigenvalue weighted by molar-refractivity contribution is 9.09. The Hall–Kier alpha value is -2.55. The largest absolute Gasteiger partial charge is 0.471 e. The van der Waals surface area contributed by atoms with Crippen molar-refractivity contribution in [2.75, 3.05) is 22.7 Å². The number of nitrogens with one attached hydrogen (secondary N) is 1. The van der Waals surface area contributed by atoms with Crippen molar-refractivity contribution in [2.24, 2.45) is 0 Å². The number of alkyl halides is 4. The molecule has 1 N–H and O–H groups in total. The molecule has 2 rings (SSSR count). The maximum Gasteiger partial charge on any atom is 0.471 e. The number of benzene rings is 2. The number of amides is 1. The van der Waals surface area contributed by atoms with Crippen LogP contribution in [-0.4, -0.2) is 36.5 Å². The first-order chi connectivity index (χ1) is 13.3. The van der Waals surface area contributed by atoms with Crippen molar-refractivity contribution in [1.29, 1.82) is 0 Å². The predicted octanol–water partition coefficient (Wildman–Crippen LogP) is 4.13. The summed E-state index contributed by atoms with van der Waals surface area (Å²) in [7, 11) is 1.26. The number of esters is 1. The highest BCUT2D eigenvalue weighted by Gasteiger charge is 2.39. The zero-order valence-electron chi connectivity index (χ0n) is 14.9. The van der Waals surface area contributed by atoms with Gasteiger partial charge in [-0.3, -0.25) is 4.79 Å². The average molecular weight is 459 g/mol. The SMILES string of the molecule is COC(=O)C(CBr)N(Cc1ccccc1NC(=O)C(F)(F)F)c1ccccc1. The molecule has 28 heavy (non-hydrogen) atoms. The first-order valence-corrected chi connectivity index (χ1v) is 9.31. The zero-order chi connectivity index (χ0) is 20.7. The third kappa shape index (κ3) is 5.48. The second kappa shape index (κ2) is 9.59. The van der Waals surface area contributed by atoms with Crippen LogP contribution in [0.3, 0.4) is 0 Å². The Morgan fingerprint density at radius 3 is 2.29 bits per heavy atom. The molecule has 2 aromatic carbocycles. The van der Waals surface area contributed by atoms with E-state index >= 15 is 0 Å². The third-order valence-electron chi connectivity index (χ3n) is 3.95. The number of carbonyl (C=O) groups excluding carboxylic acids is 2. The van der Waals surface area contributed by atoms with E-state index in [1.807, 2.05) is 5.32 Å². The van der Waals surface area contributed by atoms with Gasteiger partial charge in [0, 0.05) is 23.2 Å². The van der Waals surface area contributed by atoms with Crippen molar-refractivity contribution < 1.29 is 27.5 Å². The first kappa shape index (κ1) is 21.7. The molecule has 1 unspecified atom stereocenters. The van der Waals surface area contributed by atoms with E-state index in [0.29, 0.717) is 11.3 Å². The van der Waals surface area contributed by atoms with Gasteiger partial charge in [-0.15, -0.1) is 0 Å². The molecule has 2 aromatic rings. The van der Waals surface area contributed by atoms with Gasteiger partial charge in [0.05, 0.1) is 7.11 Å². The van der Waals surface area contributed by atoms with Gasteiger partial charge < -0.3 is 15.0 Å². The molecule has 0 aliphatic rings. The van der Waals surface area contributed by atoms with Crippen LogP contribution in [0, 0.1) is 0 Å². The minimum absolute atomic E-state index is 0.0175. The molecule has 0 saturated carbocycles. The number of hydrogen-bond donors (Lipinski definition) is 1. The summed E-state index contributed by atoms with van der Waals surface area (Å²) in [5.74, 6) is -2.56. The van der Waals surface area contributed by atoms with E-state index in [4.69, 9.17) is 4.74 Å². The molecular weight excluding hydrogens is 441 g/mol. The number of ether oxygens (including phenoxy) is 1. The molecule has 1 amide bonds. The lowest BCUT2D eigenvalue weighted by molar-refractivity contribution is -0.167. The van der Waals surface area contributed by atoms with Crippen molar-refractivity contribution in [1.82, 2.24) is 0 Å². The van der Waals surface area contributed by atoms with Crippen molar-refractivity contribution >= 4 is 39.2 Å². The Labute approximate surface area is 168 Å². The van der Waals surface area contributed by atoms with Crippen molar-refractivity contribution in [2.45, 2.75) is 18.8 Å². The standard InChI is InChI=1S/C19H18BrF3N2O3/c1-28-17(26)16(11-20)25(14-8-3-2-4-9-14)12-13-7-5-6-10-15(13)24-18(27)19(21,22)23/h2-10,16H,11-12H2,1H3,(H,24,27). The van der Waals surface area contributed by atoms with Crippen LogP contribution in [-0.2, 0) is 20.9 Å². The fraction of sp³-hybridized carbons (Fsp3) is 0.263. The summed E-state index contributed by atoms with van der Waals surface area (Å²) in [6.07, 6.45) is -5.00. The number of carbonyl (C=O) groups is 2. The topological polar surface area (TPSA) is 58.6 Å². The van der Waals surface area contributed by atoms with Crippen LogP contribution in [0.1, 0.15) is 5.56 Å². The zero-order valence-corrected chi connectivity index (χ0v) is 16.5. The van der Waals surface area contributed by atoms with Gasteiger partial charge in [-0.1, -0.05) is 52.3 Å². The van der Waals surface area contributed by atoms with Gasteiger partial charge in [0.15, 0.2) is 0 Å². The van der Waals surface area contributed by atoms with E-state index in [1.54, 1.807) is 47.4 Å². The molecule has 0 saturated heterocycles. The summed E-state index contributed by atoms with van der Waals surface area (Å²) in [6, 6.07) is 14.3. The molecule has 0 aliphatic heterocycles. The van der Waals surface area contributed by atoms with E-state index < -0.39 is 24.1 Å².